The van der Waals surface area contributed by atoms with Gasteiger partial charge >= 0.3 is 6.03 Å². The Hall–Kier alpha value is -2.28. The highest BCUT2D eigenvalue weighted by molar-refractivity contribution is 8.13. The number of aliphatic imine (C=N–C) groups is 1. The van der Waals surface area contributed by atoms with Crippen LogP contribution in [0.4, 0.5) is 4.79 Å². The lowest BCUT2D eigenvalue weighted by atomic mass is 10.2. The second-order valence-electron chi connectivity index (χ2n) is 5.33. The van der Waals surface area contributed by atoms with Crippen LogP contribution in [0.5, 0.6) is 0 Å². The van der Waals surface area contributed by atoms with Crippen LogP contribution in [0.15, 0.2) is 46.5 Å². The Labute approximate surface area is 140 Å². The number of hydrogen-bond donors (Lipinski definition) is 0. The van der Waals surface area contributed by atoms with Gasteiger partial charge in [-0.05, 0) is 17.9 Å². The number of fused-ring (bicyclic) bond motifs is 1. The van der Waals surface area contributed by atoms with Gasteiger partial charge in [-0.3, -0.25) is 0 Å². The minimum atomic E-state index is -0.204. The Balaban J connectivity index is 1.76. The SMILES string of the molecule is CSC1=NC2C(N(C)C(=O)N2C)N1/N=C/C=C/c1ccccc1. The number of rotatable bonds is 3. The second kappa shape index (κ2) is 6.45. The Morgan fingerprint density at radius 3 is 2.65 bits per heavy atom. The highest BCUT2D eigenvalue weighted by Crippen LogP contribution is 2.32. The van der Waals surface area contributed by atoms with E-state index in [-0.39, 0.29) is 18.4 Å². The highest BCUT2D eigenvalue weighted by Gasteiger charge is 2.50. The van der Waals surface area contributed by atoms with Gasteiger partial charge in [0.2, 0.25) is 0 Å². The van der Waals surface area contributed by atoms with Crippen molar-refractivity contribution in [2.45, 2.75) is 12.3 Å². The van der Waals surface area contributed by atoms with Gasteiger partial charge in [0, 0.05) is 20.3 Å². The maximum atomic E-state index is 12.1. The fraction of sp³-hybridized carbons (Fsp3) is 0.312. The fourth-order valence-corrected chi connectivity index (χ4v) is 3.25. The Bertz CT molecular complexity index is 672. The van der Waals surface area contributed by atoms with Crippen molar-refractivity contribution in [1.29, 1.82) is 0 Å². The summed E-state index contributed by atoms with van der Waals surface area (Å²) in [7, 11) is 3.55. The number of likely N-dealkylation sites (N-methyl/N-ethyl adjacent to an activating group) is 2. The molecule has 6 nitrogen and oxygen atoms in total. The van der Waals surface area contributed by atoms with Crippen molar-refractivity contribution in [3.8, 4) is 0 Å². The summed E-state index contributed by atoms with van der Waals surface area (Å²) in [4.78, 5) is 20.0. The summed E-state index contributed by atoms with van der Waals surface area (Å²) < 4.78 is 0. The van der Waals surface area contributed by atoms with Crippen LogP contribution in [0, 0.1) is 0 Å². The van der Waals surface area contributed by atoms with Gasteiger partial charge in [-0.25, -0.2) is 14.8 Å². The van der Waals surface area contributed by atoms with E-state index in [1.165, 1.54) is 11.8 Å². The quantitative estimate of drug-likeness (QED) is 0.800. The lowest BCUT2D eigenvalue weighted by Crippen LogP contribution is -2.43. The first-order valence-electron chi connectivity index (χ1n) is 7.30. The molecule has 0 aliphatic carbocycles. The smallest absolute Gasteiger partial charge is 0.302 e. The predicted octanol–water partition coefficient (Wildman–Crippen LogP) is 2.37. The summed E-state index contributed by atoms with van der Waals surface area (Å²) in [5, 5.41) is 7.13. The van der Waals surface area contributed by atoms with Gasteiger partial charge in [0.1, 0.15) is 0 Å². The second-order valence-corrected chi connectivity index (χ2v) is 6.10. The van der Waals surface area contributed by atoms with Gasteiger partial charge in [-0.2, -0.15) is 5.10 Å². The molecule has 1 fully saturated rings. The number of carbonyl (C=O) groups excluding carboxylic acids is 1. The molecule has 7 heteroatoms. The first-order chi connectivity index (χ1) is 11.1. The van der Waals surface area contributed by atoms with Crippen LogP contribution < -0.4 is 0 Å². The van der Waals surface area contributed by atoms with Crippen LogP contribution >= 0.6 is 11.8 Å². The van der Waals surface area contributed by atoms with Crippen molar-refractivity contribution in [3.05, 3.63) is 42.0 Å². The van der Waals surface area contributed by atoms with E-state index in [0.29, 0.717) is 0 Å². The van der Waals surface area contributed by atoms with Crippen molar-refractivity contribution in [2.75, 3.05) is 20.4 Å². The minimum Gasteiger partial charge on any atom is -0.302 e. The van der Waals surface area contributed by atoms with Gasteiger partial charge in [0.25, 0.3) is 0 Å². The molecule has 2 unspecified atom stereocenters. The zero-order chi connectivity index (χ0) is 16.4. The summed E-state index contributed by atoms with van der Waals surface area (Å²) >= 11 is 1.53. The van der Waals surface area contributed by atoms with Crippen molar-refractivity contribution in [2.24, 2.45) is 10.1 Å². The minimum absolute atomic E-state index is 0.0380. The van der Waals surface area contributed by atoms with Gasteiger partial charge in [0.05, 0.1) is 0 Å². The molecule has 2 aliphatic rings. The number of hydrogen-bond acceptors (Lipinski definition) is 5. The van der Waals surface area contributed by atoms with Crippen molar-refractivity contribution >= 4 is 35.3 Å². The number of benzene rings is 1. The number of allylic oxidation sites excluding steroid dienone is 1. The lowest BCUT2D eigenvalue weighted by molar-refractivity contribution is 0.172. The maximum absolute atomic E-state index is 12.1. The van der Waals surface area contributed by atoms with Crippen LogP contribution in [0.1, 0.15) is 5.56 Å². The Morgan fingerprint density at radius 1 is 1.22 bits per heavy atom. The number of nitrogens with zero attached hydrogens (tertiary/aromatic N) is 5. The summed E-state index contributed by atoms with van der Waals surface area (Å²) in [5.74, 6) is 0. The maximum Gasteiger partial charge on any atom is 0.323 e. The Kier molecular flexibility index (Phi) is 4.38. The molecule has 1 aromatic rings. The van der Waals surface area contributed by atoms with E-state index in [0.717, 1.165) is 10.7 Å². The van der Waals surface area contributed by atoms with Crippen molar-refractivity contribution in [3.63, 3.8) is 0 Å². The van der Waals surface area contributed by atoms with E-state index in [1.807, 2.05) is 53.7 Å². The van der Waals surface area contributed by atoms with E-state index in [2.05, 4.69) is 10.1 Å². The molecule has 1 aromatic carbocycles. The summed E-state index contributed by atoms with van der Waals surface area (Å²) in [5.41, 5.74) is 1.12. The molecule has 0 saturated carbocycles. The molecule has 0 bridgehead atoms. The van der Waals surface area contributed by atoms with Crippen LogP contribution in [0.2, 0.25) is 0 Å². The largest absolute Gasteiger partial charge is 0.323 e. The third-order valence-corrected chi connectivity index (χ3v) is 4.56. The third kappa shape index (κ3) is 2.84. The standard InChI is InChI=1S/C16H19N5OS/c1-19-13-14(20(2)16(19)22)21(15(18-13)23-3)17-11-7-10-12-8-5-4-6-9-12/h4-11,13-14H,1-3H3/b10-7+,17-11+. The highest BCUT2D eigenvalue weighted by atomic mass is 32.2. The molecular weight excluding hydrogens is 310 g/mol. The fourth-order valence-electron chi connectivity index (χ4n) is 2.70. The number of urea groups is 1. The molecule has 0 N–H and O–H groups in total. The molecule has 1 saturated heterocycles. The van der Waals surface area contributed by atoms with E-state index < -0.39 is 0 Å². The molecular formula is C16H19N5OS. The van der Waals surface area contributed by atoms with Crippen molar-refractivity contribution < 1.29 is 4.79 Å². The molecule has 2 amide bonds. The normalized spacial score (nSPS) is 24.2. The monoisotopic (exact) mass is 329 g/mol. The number of thioether (sulfide) groups is 1. The van der Waals surface area contributed by atoms with Crippen LogP contribution in [-0.2, 0) is 0 Å². The molecule has 23 heavy (non-hydrogen) atoms. The van der Waals surface area contributed by atoms with Crippen molar-refractivity contribution in [1.82, 2.24) is 14.8 Å². The number of hydrazone groups is 1. The zero-order valence-corrected chi connectivity index (χ0v) is 14.1. The van der Waals surface area contributed by atoms with E-state index in [1.54, 1.807) is 30.1 Å². The first kappa shape index (κ1) is 15.6. The third-order valence-electron chi connectivity index (χ3n) is 3.90. The van der Waals surface area contributed by atoms with Gasteiger partial charge in [-0.15, -0.1) is 0 Å². The average molecular weight is 329 g/mol. The summed E-state index contributed by atoms with van der Waals surface area (Å²) in [6, 6.07) is 10.0. The number of carbonyl (C=O) groups is 1. The molecule has 0 spiro atoms. The average Bonchev–Trinajstić information content (AvgIpc) is 3.04. The van der Waals surface area contributed by atoms with E-state index in [4.69, 9.17) is 0 Å². The molecule has 120 valence electrons. The van der Waals surface area contributed by atoms with Crippen LogP contribution in [0.25, 0.3) is 6.08 Å². The molecule has 2 atom stereocenters. The number of amidine groups is 1. The topological polar surface area (TPSA) is 51.5 Å². The molecule has 0 radical (unpaired) electrons. The Morgan fingerprint density at radius 2 is 1.96 bits per heavy atom. The van der Waals surface area contributed by atoms with Gasteiger partial charge in [-0.1, -0.05) is 48.2 Å². The van der Waals surface area contributed by atoms with E-state index >= 15 is 0 Å². The lowest BCUT2D eigenvalue weighted by Gasteiger charge is -2.25. The molecule has 3 rings (SSSR count). The summed E-state index contributed by atoms with van der Waals surface area (Å²) in [6.07, 6.45) is 7.19. The number of amides is 2. The van der Waals surface area contributed by atoms with E-state index in [9.17, 15) is 4.79 Å². The van der Waals surface area contributed by atoms with Crippen LogP contribution in [-0.4, -0.2) is 64.9 Å². The summed E-state index contributed by atoms with van der Waals surface area (Å²) in [6.45, 7) is 0. The molecule has 2 aliphatic heterocycles. The van der Waals surface area contributed by atoms with Gasteiger partial charge < -0.3 is 9.80 Å². The zero-order valence-electron chi connectivity index (χ0n) is 13.3. The molecule has 0 aromatic heterocycles. The van der Waals surface area contributed by atoms with Crippen LogP contribution in [0.3, 0.4) is 0 Å². The first-order valence-corrected chi connectivity index (χ1v) is 8.52. The predicted molar refractivity (Wildman–Crippen MR) is 95.3 cm³/mol. The molecule has 2 heterocycles. The van der Waals surface area contributed by atoms with Gasteiger partial charge in [0.15, 0.2) is 17.5 Å².